The lowest BCUT2D eigenvalue weighted by molar-refractivity contribution is -0.111. The molecule has 0 saturated carbocycles. The molecule has 0 aliphatic carbocycles. The summed E-state index contributed by atoms with van der Waals surface area (Å²) in [5.74, 6) is -1.01. The number of hydrogen-bond donors (Lipinski definition) is 2. The zero-order chi connectivity index (χ0) is 22.1. The molecule has 0 unspecified atom stereocenters. The first-order valence-corrected chi connectivity index (χ1v) is 10.3. The summed E-state index contributed by atoms with van der Waals surface area (Å²) >= 11 is 0. The van der Waals surface area contributed by atoms with Crippen LogP contribution in [0.25, 0.3) is 16.5 Å². The Balaban J connectivity index is 1.57. The van der Waals surface area contributed by atoms with E-state index >= 15 is 0 Å². The largest absolute Gasteiger partial charge is 0.354 e. The van der Waals surface area contributed by atoms with Gasteiger partial charge < -0.3 is 15.2 Å². The van der Waals surface area contributed by atoms with Gasteiger partial charge in [0.15, 0.2) is 0 Å². The maximum atomic E-state index is 13.3. The molecule has 0 radical (unpaired) electrons. The van der Waals surface area contributed by atoms with Crippen LogP contribution >= 0.6 is 0 Å². The standard InChI is InChI=1S/C26H20FN3O2/c27-18-12-10-17(11-13-18)26(32)30-15-14-21-20-8-4-5-9-23(20)29-24(21)22(16-30)25(31)28-19-6-2-1-3-7-19/h1-13,16,29H,14-15H2,(H,28,31). The molecule has 5 rings (SSSR count). The van der Waals surface area contributed by atoms with Crippen LogP contribution in [0.1, 0.15) is 21.6 Å². The van der Waals surface area contributed by atoms with Gasteiger partial charge in [0, 0.05) is 34.9 Å². The van der Waals surface area contributed by atoms with Crippen LogP contribution < -0.4 is 5.32 Å². The first-order chi connectivity index (χ1) is 15.6. The Bertz CT molecular complexity index is 1340. The first-order valence-electron chi connectivity index (χ1n) is 10.3. The summed E-state index contributed by atoms with van der Waals surface area (Å²) in [6, 6.07) is 22.5. The van der Waals surface area contributed by atoms with E-state index in [-0.39, 0.29) is 11.8 Å². The molecular formula is C26H20FN3O2. The van der Waals surface area contributed by atoms with E-state index in [2.05, 4.69) is 10.3 Å². The number of benzene rings is 3. The molecule has 5 nitrogen and oxygen atoms in total. The van der Waals surface area contributed by atoms with Gasteiger partial charge in [0.2, 0.25) is 0 Å². The maximum Gasteiger partial charge on any atom is 0.259 e. The number of para-hydroxylation sites is 2. The minimum Gasteiger partial charge on any atom is -0.354 e. The monoisotopic (exact) mass is 425 g/mol. The number of aromatic amines is 1. The van der Waals surface area contributed by atoms with Crippen LogP contribution in [0.4, 0.5) is 10.1 Å². The minimum absolute atomic E-state index is 0.288. The summed E-state index contributed by atoms with van der Waals surface area (Å²) in [5, 5.41) is 3.94. The highest BCUT2D eigenvalue weighted by Gasteiger charge is 2.27. The van der Waals surface area contributed by atoms with E-state index in [1.807, 2.05) is 54.6 Å². The van der Waals surface area contributed by atoms with Crippen LogP contribution in [0.3, 0.4) is 0 Å². The molecule has 3 aromatic carbocycles. The third kappa shape index (κ3) is 3.67. The van der Waals surface area contributed by atoms with Gasteiger partial charge in [-0.15, -0.1) is 0 Å². The van der Waals surface area contributed by atoms with Crippen molar-refractivity contribution in [1.29, 1.82) is 0 Å². The molecule has 158 valence electrons. The van der Waals surface area contributed by atoms with E-state index in [9.17, 15) is 14.0 Å². The number of anilines is 1. The number of H-pyrrole nitrogens is 1. The second-order valence-electron chi connectivity index (χ2n) is 7.64. The smallest absolute Gasteiger partial charge is 0.259 e. The van der Waals surface area contributed by atoms with Gasteiger partial charge in [0.1, 0.15) is 5.82 Å². The van der Waals surface area contributed by atoms with E-state index in [0.29, 0.717) is 35.5 Å². The molecule has 1 aromatic heterocycles. The van der Waals surface area contributed by atoms with E-state index in [4.69, 9.17) is 0 Å². The number of halogens is 1. The second kappa shape index (κ2) is 8.15. The number of fused-ring (bicyclic) bond motifs is 3. The molecule has 0 bridgehead atoms. The van der Waals surface area contributed by atoms with Crippen LogP contribution in [0.15, 0.2) is 85.1 Å². The molecule has 2 N–H and O–H groups in total. The molecular weight excluding hydrogens is 405 g/mol. The molecule has 32 heavy (non-hydrogen) atoms. The average Bonchev–Trinajstić information content (AvgIpc) is 3.07. The molecule has 2 heterocycles. The van der Waals surface area contributed by atoms with E-state index < -0.39 is 5.82 Å². The first kappa shape index (κ1) is 19.8. The van der Waals surface area contributed by atoms with Gasteiger partial charge in [0.05, 0.1) is 11.3 Å². The summed E-state index contributed by atoms with van der Waals surface area (Å²) in [6.07, 6.45) is 2.16. The van der Waals surface area contributed by atoms with Crippen molar-refractivity contribution in [2.24, 2.45) is 0 Å². The molecule has 4 aromatic rings. The summed E-state index contributed by atoms with van der Waals surface area (Å²) in [4.78, 5) is 31.4. The molecule has 1 aliphatic rings. The second-order valence-corrected chi connectivity index (χ2v) is 7.64. The predicted molar refractivity (Wildman–Crippen MR) is 122 cm³/mol. The van der Waals surface area contributed by atoms with Crippen LogP contribution in [0, 0.1) is 5.82 Å². The number of amides is 2. The Morgan fingerprint density at radius 2 is 1.62 bits per heavy atom. The van der Waals surface area contributed by atoms with Gasteiger partial charge in [-0.1, -0.05) is 36.4 Å². The summed E-state index contributed by atoms with van der Waals surface area (Å²) < 4.78 is 13.3. The fourth-order valence-corrected chi connectivity index (χ4v) is 4.02. The summed E-state index contributed by atoms with van der Waals surface area (Å²) in [7, 11) is 0. The molecule has 0 atom stereocenters. The van der Waals surface area contributed by atoms with Crippen molar-refractivity contribution in [2.45, 2.75) is 6.42 Å². The number of carbonyl (C=O) groups excluding carboxylic acids is 2. The molecule has 1 aliphatic heterocycles. The highest BCUT2D eigenvalue weighted by atomic mass is 19.1. The van der Waals surface area contributed by atoms with Gasteiger partial charge in [-0.25, -0.2) is 4.39 Å². The van der Waals surface area contributed by atoms with E-state index in [1.165, 1.54) is 29.2 Å². The van der Waals surface area contributed by atoms with Crippen molar-refractivity contribution < 1.29 is 14.0 Å². The Morgan fingerprint density at radius 1 is 0.906 bits per heavy atom. The lowest BCUT2D eigenvalue weighted by Crippen LogP contribution is -2.28. The highest BCUT2D eigenvalue weighted by molar-refractivity contribution is 6.26. The molecule has 2 amide bonds. The zero-order valence-electron chi connectivity index (χ0n) is 17.1. The van der Waals surface area contributed by atoms with Crippen molar-refractivity contribution in [3.63, 3.8) is 0 Å². The zero-order valence-corrected chi connectivity index (χ0v) is 17.1. The molecule has 0 spiro atoms. The van der Waals surface area contributed by atoms with Crippen molar-refractivity contribution in [3.05, 3.63) is 108 Å². The van der Waals surface area contributed by atoms with Crippen LogP contribution in [0.2, 0.25) is 0 Å². The molecule has 0 fully saturated rings. The Hall–Kier alpha value is -4.19. The van der Waals surface area contributed by atoms with Crippen molar-refractivity contribution in [1.82, 2.24) is 9.88 Å². The fourth-order valence-electron chi connectivity index (χ4n) is 4.02. The van der Waals surface area contributed by atoms with Gasteiger partial charge in [0.25, 0.3) is 11.8 Å². The van der Waals surface area contributed by atoms with Crippen LogP contribution in [-0.2, 0) is 11.2 Å². The average molecular weight is 425 g/mol. The fraction of sp³-hybridized carbons (Fsp3) is 0.0769. The predicted octanol–water partition coefficient (Wildman–Crippen LogP) is 4.99. The van der Waals surface area contributed by atoms with Crippen molar-refractivity contribution in [3.8, 4) is 0 Å². The van der Waals surface area contributed by atoms with E-state index in [0.717, 1.165) is 16.5 Å². The molecule has 0 saturated heterocycles. The van der Waals surface area contributed by atoms with Crippen LogP contribution in [-0.4, -0.2) is 28.2 Å². The molecule has 6 heteroatoms. The highest BCUT2D eigenvalue weighted by Crippen LogP contribution is 2.31. The Morgan fingerprint density at radius 3 is 2.41 bits per heavy atom. The van der Waals surface area contributed by atoms with Gasteiger partial charge >= 0.3 is 0 Å². The number of nitrogens with one attached hydrogen (secondary N) is 2. The Kier molecular flexibility index (Phi) is 5.03. The quantitative estimate of drug-likeness (QED) is 0.486. The van der Waals surface area contributed by atoms with Crippen LogP contribution in [0.5, 0.6) is 0 Å². The third-order valence-corrected chi connectivity index (χ3v) is 5.60. The summed E-state index contributed by atoms with van der Waals surface area (Å²) in [6.45, 7) is 0.396. The SMILES string of the molecule is O=C(Nc1ccccc1)C1=CN(C(=O)c2ccc(F)cc2)CCc2c1[nH]c1ccccc21. The van der Waals surface area contributed by atoms with Gasteiger partial charge in [-0.05, 0) is 54.4 Å². The number of carbonyl (C=O) groups is 2. The third-order valence-electron chi connectivity index (χ3n) is 5.60. The minimum atomic E-state index is -0.405. The lowest BCUT2D eigenvalue weighted by atomic mass is 10.0. The number of hydrogen-bond acceptors (Lipinski definition) is 2. The number of nitrogens with zero attached hydrogens (tertiary/aromatic N) is 1. The van der Waals surface area contributed by atoms with Gasteiger partial charge in [-0.3, -0.25) is 9.59 Å². The summed E-state index contributed by atoms with van der Waals surface area (Å²) in [5.41, 5.74) is 4.03. The van der Waals surface area contributed by atoms with Crippen molar-refractivity contribution in [2.75, 3.05) is 11.9 Å². The topological polar surface area (TPSA) is 65.2 Å². The number of aromatic nitrogens is 1. The maximum absolute atomic E-state index is 13.3. The van der Waals surface area contributed by atoms with Crippen molar-refractivity contribution >= 4 is 34.0 Å². The lowest BCUT2D eigenvalue weighted by Gasteiger charge is -2.18. The number of rotatable bonds is 3. The Labute approximate surface area is 184 Å². The normalized spacial score (nSPS) is 13.3. The van der Waals surface area contributed by atoms with E-state index in [1.54, 1.807) is 6.20 Å². The van der Waals surface area contributed by atoms with Gasteiger partial charge in [-0.2, -0.15) is 0 Å².